The van der Waals surface area contributed by atoms with Crippen molar-refractivity contribution < 1.29 is 9.53 Å². The molecular formula is C14H22IN5O2. The van der Waals surface area contributed by atoms with Gasteiger partial charge in [0, 0.05) is 25.2 Å². The molecule has 22 heavy (non-hydrogen) atoms. The van der Waals surface area contributed by atoms with Crippen molar-refractivity contribution in [2.75, 3.05) is 38.2 Å². The number of carbonyl (C=O) groups excluding carboxylic acids is 1. The van der Waals surface area contributed by atoms with Gasteiger partial charge < -0.3 is 20.7 Å². The molecule has 0 spiro atoms. The Morgan fingerprint density at radius 3 is 2.86 bits per heavy atom. The second-order valence-corrected chi connectivity index (χ2v) is 4.80. The number of morpholine rings is 1. The van der Waals surface area contributed by atoms with Crippen LogP contribution in [-0.2, 0) is 9.53 Å². The third kappa shape index (κ3) is 6.14. The summed E-state index contributed by atoms with van der Waals surface area (Å²) in [5, 5.41) is 2.74. The average Bonchev–Trinajstić information content (AvgIpc) is 2.48. The zero-order chi connectivity index (χ0) is 15.1. The van der Waals surface area contributed by atoms with Gasteiger partial charge in [0.15, 0.2) is 5.96 Å². The predicted octanol–water partition coefficient (Wildman–Crippen LogP) is 0.984. The highest BCUT2D eigenvalue weighted by Gasteiger charge is 2.12. The van der Waals surface area contributed by atoms with E-state index < -0.39 is 0 Å². The van der Waals surface area contributed by atoms with E-state index in [9.17, 15) is 4.79 Å². The Morgan fingerprint density at radius 2 is 2.18 bits per heavy atom. The molecule has 1 amide bonds. The second kappa shape index (κ2) is 9.57. The molecule has 1 aromatic heterocycles. The van der Waals surface area contributed by atoms with E-state index in [-0.39, 0.29) is 36.3 Å². The Bertz CT molecular complexity index is 518. The number of nitrogens with two attached hydrogens (primary N) is 1. The molecule has 1 fully saturated rings. The van der Waals surface area contributed by atoms with E-state index in [1.165, 1.54) is 0 Å². The van der Waals surface area contributed by atoms with Crippen LogP contribution in [0.15, 0.2) is 23.2 Å². The van der Waals surface area contributed by atoms with Crippen LogP contribution < -0.4 is 11.1 Å². The van der Waals surface area contributed by atoms with Crippen LogP contribution in [0.5, 0.6) is 0 Å². The number of nitrogens with zero attached hydrogens (tertiary/aromatic N) is 3. The van der Waals surface area contributed by atoms with Gasteiger partial charge in [-0.05, 0) is 19.1 Å². The summed E-state index contributed by atoms with van der Waals surface area (Å²) in [6.45, 7) is 5.05. The number of anilines is 1. The summed E-state index contributed by atoms with van der Waals surface area (Å²) >= 11 is 0. The lowest BCUT2D eigenvalue weighted by Gasteiger charge is -2.27. The number of guanidine groups is 1. The minimum absolute atomic E-state index is 0. The lowest BCUT2D eigenvalue weighted by Crippen LogP contribution is -2.44. The van der Waals surface area contributed by atoms with Crippen LogP contribution in [0.3, 0.4) is 0 Å². The Morgan fingerprint density at radius 1 is 1.45 bits per heavy atom. The molecule has 122 valence electrons. The molecule has 2 heterocycles. The summed E-state index contributed by atoms with van der Waals surface area (Å²) in [6.07, 6.45) is 0.278. The van der Waals surface area contributed by atoms with Gasteiger partial charge in [-0.1, -0.05) is 6.07 Å². The molecule has 0 bridgehead atoms. The molecule has 1 aliphatic rings. The lowest BCUT2D eigenvalue weighted by atomic mass is 10.3. The van der Waals surface area contributed by atoms with Crippen molar-refractivity contribution in [1.82, 2.24) is 9.88 Å². The molecule has 0 aliphatic carbocycles. The van der Waals surface area contributed by atoms with Gasteiger partial charge in [-0.15, -0.1) is 24.0 Å². The van der Waals surface area contributed by atoms with Gasteiger partial charge in [-0.3, -0.25) is 9.79 Å². The van der Waals surface area contributed by atoms with Crippen molar-refractivity contribution in [2.24, 2.45) is 10.7 Å². The predicted molar refractivity (Wildman–Crippen MR) is 96.5 cm³/mol. The maximum Gasteiger partial charge on any atom is 0.227 e. The number of hydrogen-bond acceptors (Lipinski definition) is 4. The van der Waals surface area contributed by atoms with Crippen LogP contribution in [0.25, 0.3) is 0 Å². The van der Waals surface area contributed by atoms with Crippen LogP contribution in [0.2, 0.25) is 0 Å². The molecule has 1 aromatic rings. The maximum atomic E-state index is 11.8. The number of halogens is 1. The molecule has 0 radical (unpaired) electrons. The van der Waals surface area contributed by atoms with Crippen molar-refractivity contribution >= 4 is 41.7 Å². The third-order valence-electron chi connectivity index (χ3n) is 3.10. The number of aryl methyl sites for hydroxylation is 1. The first-order valence-corrected chi connectivity index (χ1v) is 7.01. The number of aliphatic imine (C=N–C) groups is 1. The van der Waals surface area contributed by atoms with Crippen molar-refractivity contribution in [3.63, 3.8) is 0 Å². The first-order valence-electron chi connectivity index (χ1n) is 7.01. The monoisotopic (exact) mass is 419 g/mol. The number of pyridine rings is 1. The molecule has 2 rings (SSSR count). The van der Waals surface area contributed by atoms with Gasteiger partial charge in [0.2, 0.25) is 5.91 Å². The molecular weight excluding hydrogens is 397 g/mol. The number of nitrogens with one attached hydrogen (secondary N) is 1. The molecule has 8 heteroatoms. The van der Waals surface area contributed by atoms with E-state index in [4.69, 9.17) is 10.5 Å². The highest BCUT2D eigenvalue weighted by molar-refractivity contribution is 14.0. The molecule has 0 unspecified atom stereocenters. The highest BCUT2D eigenvalue weighted by Crippen LogP contribution is 2.04. The first-order chi connectivity index (χ1) is 10.1. The second-order valence-electron chi connectivity index (χ2n) is 4.80. The van der Waals surface area contributed by atoms with Gasteiger partial charge in [-0.25, -0.2) is 4.98 Å². The van der Waals surface area contributed by atoms with E-state index in [1.54, 1.807) is 6.07 Å². The van der Waals surface area contributed by atoms with Crippen LogP contribution in [0, 0.1) is 6.92 Å². The van der Waals surface area contributed by atoms with Gasteiger partial charge in [-0.2, -0.15) is 0 Å². The Balaban J connectivity index is 0.00000242. The van der Waals surface area contributed by atoms with Crippen LogP contribution in [0.1, 0.15) is 12.1 Å². The molecule has 0 atom stereocenters. The van der Waals surface area contributed by atoms with E-state index in [0.29, 0.717) is 31.5 Å². The SMILES string of the molecule is Cc1cccc(NC(=O)CCN=C(N)N2CCOCC2)n1.I. The fraction of sp³-hybridized carbons (Fsp3) is 0.500. The van der Waals surface area contributed by atoms with E-state index in [2.05, 4.69) is 15.3 Å². The van der Waals surface area contributed by atoms with Crippen molar-refractivity contribution in [3.05, 3.63) is 23.9 Å². The Labute approximate surface area is 147 Å². The van der Waals surface area contributed by atoms with Gasteiger partial charge in [0.05, 0.1) is 19.8 Å². The summed E-state index contributed by atoms with van der Waals surface area (Å²) in [4.78, 5) is 22.2. The van der Waals surface area contributed by atoms with Crippen LogP contribution >= 0.6 is 24.0 Å². The minimum atomic E-state index is -0.119. The van der Waals surface area contributed by atoms with Crippen LogP contribution in [-0.4, -0.2) is 54.6 Å². The quantitative estimate of drug-likeness (QED) is 0.431. The third-order valence-corrected chi connectivity index (χ3v) is 3.10. The van der Waals surface area contributed by atoms with Gasteiger partial charge in [0.25, 0.3) is 0 Å². The van der Waals surface area contributed by atoms with Crippen molar-refractivity contribution in [3.8, 4) is 0 Å². The molecule has 7 nitrogen and oxygen atoms in total. The summed E-state index contributed by atoms with van der Waals surface area (Å²) in [5.74, 6) is 0.913. The largest absolute Gasteiger partial charge is 0.378 e. The summed E-state index contributed by atoms with van der Waals surface area (Å²) in [6, 6.07) is 5.49. The number of carbonyl (C=O) groups is 1. The summed E-state index contributed by atoms with van der Waals surface area (Å²) < 4.78 is 5.25. The maximum absolute atomic E-state index is 11.8. The number of rotatable bonds is 4. The normalized spacial score (nSPS) is 15.1. The Kier molecular flexibility index (Phi) is 8.10. The minimum Gasteiger partial charge on any atom is -0.378 e. The molecule has 0 aromatic carbocycles. The fourth-order valence-electron chi connectivity index (χ4n) is 1.98. The van der Waals surface area contributed by atoms with E-state index >= 15 is 0 Å². The number of hydrogen-bond donors (Lipinski definition) is 2. The zero-order valence-electron chi connectivity index (χ0n) is 12.6. The molecule has 0 saturated carbocycles. The van der Waals surface area contributed by atoms with E-state index in [1.807, 2.05) is 24.0 Å². The van der Waals surface area contributed by atoms with E-state index in [0.717, 1.165) is 18.8 Å². The lowest BCUT2D eigenvalue weighted by molar-refractivity contribution is -0.116. The molecule has 1 saturated heterocycles. The topological polar surface area (TPSA) is 92.8 Å². The van der Waals surface area contributed by atoms with Crippen LogP contribution in [0.4, 0.5) is 5.82 Å². The fourth-order valence-corrected chi connectivity index (χ4v) is 1.98. The number of ether oxygens (including phenoxy) is 1. The number of aromatic nitrogens is 1. The van der Waals surface area contributed by atoms with Gasteiger partial charge in [0.1, 0.15) is 5.82 Å². The van der Waals surface area contributed by atoms with Crippen molar-refractivity contribution in [2.45, 2.75) is 13.3 Å². The number of amides is 1. The van der Waals surface area contributed by atoms with Crippen molar-refractivity contribution in [1.29, 1.82) is 0 Å². The molecule has 1 aliphatic heterocycles. The summed E-state index contributed by atoms with van der Waals surface area (Å²) in [5.41, 5.74) is 6.75. The molecule has 3 N–H and O–H groups in total. The zero-order valence-corrected chi connectivity index (χ0v) is 14.9. The summed E-state index contributed by atoms with van der Waals surface area (Å²) in [7, 11) is 0. The van der Waals surface area contributed by atoms with Gasteiger partial charge >= 0.3 is 0 Å². The first kappa shape index (κ1) is 18.6. The smallest absolute Gasteiger partial charge is 0.227 e. The Hall–Kier alpha value is -1.42. The average molecular weight is 419 g/mol. The standard InChI is InChI=1S/C14H21N5O2.HI/c1-11-3-2-4-12(17-11)18-13(20)5-6-16-14(15)19-7-9-21-10-8-19;/h2-4H,5-10H2,1H3,(H2,15,16)(H,17,18,20);1H. The highest BCUT2D eigenvalue weighted by atomic mass is 127.